The zero-order valence-electron chi connectivity index (χ0n) is 11.9. The van der Waals surface area contributed by atoms with Crippen LogP contribution in [0.2, 0.25) is 5.02 Å². The first-order valence-electron chi connectivity index (χ1n) is 6.83. The van der Waals surface area contributed by atoms with Crippen molar-refractivity contribution >= 4 is 22.9 Å². The number of thiophene rings is 1. The third kappa shape index (κ3) is 3.98. The zero-order chi connectivity index (χ0) is 14.4. The Morgan fingerprint density at radius 3 is 2.80 bits per heavy atom. The van der Waals surface area contributed by atoms with E-state index in [2.05, 4.69) is 35.8 Å². The van der Waals surface area contributed by atoms with Gasteiger partial charge in [-0.2, -0.15) is 0 Å². The fourth-order valence-corrected chi connectivity index (χ4v) is 3.30. The molecule has 0 aliphatic heterocycles. The van der Waals surface area contributed by atoms with Crippen LogP contribution in [-0.4, -0.2) is 7.11 Å². The normalized spacial score (nSPS) is 12.3. The molecule has 2 rings (SSSR count). The van der Waals surface area contributed by atoms with Gasteiger partial charge in [-0.3, -0.25) is 0 Å². The standard InChI is InChI=1S/C16H20ClNOS/c1-3-5-14(16-6-4-9-20-16)18-11-12-7-8-15(19-2)13(17)10-12/h4,6-10,14,18H,3,5,11H2,1-2H3. The molecule has 1 aromatic carbocycles. The highest BCUT2D eigenvalue weighted by Gasteiger charge is 2.11. The average Bonchev–Trinajstić information content (AvgIpc) is 2.97. The molecule has 108 valence electrons. The molecule has 0 radical (unpaired) electrons. The quantitative estimate of drug-likeness (QED) is 0.773. The molecule has 2 aromatic rings. The molecule has 1 aromatic heterocycles. The first-order valence-corrected chi connectivity index (χ1v) is 8.09. The predicted octanol–water partition coefficient (Wildman–Crippen LogP) is 5.04. The minimum absolute atomic E-state index is 0.417. The molecule has 0 amide bonds. The summed E-state index contributed by atoms with van der Waals surface area (Å²) in [6.45, 7) is 3.03. The average molecular weight is 310 g/mol. The summed E-state index contributed by atoms with van der Waals surface area (Å²) in [5.74, 6) is 0.721. The van der Waals surface area contributed by atoms with E-state index in [1.807, 2.05) is 12.1 Å². The van der Waals surface area contributed by atoms with Crippen LogP contribution in [0, 0.1) is 0 Å². The number of hydrogen-bond acceptors (Lipinski definition) is 3. The summed E-state index contributed by atoms with van der Waals surface area (Å²) in [5, 5.41) is 6.41. The molecule has 0 saturated carbocycles. The molecular weight excluding hydrogens is 290 g/mol. The van der Waals surface area contributed by atoms with Gasteiger partial charge in [0.25, 0.3) is 0 Å². The van der Waals surface area contributed by atoms with Crippen molar-refractivity contribution in [1.82, 2.24) is 5.32 Å². The molecule has 0 spiro atoms. The Balaban J connectivity index is 2.00. The lowest BCUT2D eigenvalue weighted by atomic mass is 10.1. The van der Waals surface area contributed by atoms with E-state index in [0.29, 0.717) is 11.1 Å². The van der Waals surface area contributed by atoms with Gasteiger partial charge in [0.15, 0.2) is 0 Å². The largest absolute Gasteiger partial charge is 0.495 e. The Morgan fingerprint density at radius 1 is 1.35 bits per heavy atom. The SMILES string of the molecule is CCCC(NCc1ccc(OC)c(Cl)c1)c1cccs1. The second-order valence-electron chi connectivity index (χ2n) is 4.71. The number of rotatable bonds is 7. The maximum absolute atomic E-state index is 6.15. The second kappa shape index (κ2) is 7.67. The molecule has 0 saturated heterocycles. The number of benzene rings is 1. The summed E-state index contributed by atoms with van der Waals surface area (Å²) in [6, 6.07) is 10.6. The third-order valence-electron chi connectivity index (χ3n) is 3.23. The van der Waals surface area contributed by atoms with E-state index in [1.54, 1.807) is 18.4 Å². The maximum atomic E-state index is 6.15. The van der Waals surface area contributed by atoms with Crippen molar-refractivity contribution in [3.8, 4) is 5.75 Å². The highest BCUT2D eigenvalue weighted by molar-refractivity contribution is 7.10. The molecule has 1 heterocycles. The molecular formula is C16H20ClNOS. The van der Waals surface area contributed by atoms with Gasteiger partial charge in [0.1, 0.15) is 5.75 Å². The van der Waals surface area contributed by atoms with Crippen LogP contribution >= 0.6 is 22.9 Å². The van der Waals surface area contributed by atoms with Crippen LogP contribution in [-0.2, 0) is 6.54 Å². The van der Waals surface area contributed by atoms with Crippen LogP contribution in [0.5, 0.6) is 5.75 Å². The molecule has 0 bridgehead atoms. The highest BCUT2D eigenvalue weighted by atomic mass is 35.5. The summed E-state index contributed by atoms with van der Waals surface area (Å²) >= 11 is 7.96. The van der Waals surface area contributed by atoms with Gasteiger partial charge < -0.3 is 10.1 Å². The lowest BCUT2D eigenvalue weighted by molar-refractivity contribution is 0.414. The lowest BCUT2D eigenvalue weighted by Crippen LogP contribution is -2.19. The van der Waals surface area contributed by atoms with E-state index in [4.69, 9.17) is 16.3 Å². The van der Waals surface area contributed by atoms with Gasteiger partial charge in [-0.1, -0.05) is 37.1 Å². The first kappa shape index (κ1) is 15.4. The fraction of sp³-hybridized carbons (Fsp3) is 0.375. The number of halogens is 1. The van der Waals surface area contributed by atoms with Crippen molar-refractivity contribution in [1.29, 1.82) is 0 Å². The topological polar surface area (TPSA) is 21.3 Å². The first-order chi connectivity index (χ1) is 9.74. The molecule has 2 nitrogen and oxygen atoms in total. The molecule has 0 fully saturated rings. The van der Waals surface area contributed by atoms with Crippen molar-refractivity contribution in [3.63, 3.8) is 0 Å². The molecule has 20 heavy (non-hydrogen) atoms. The summed E-state index contributed by atoms with van der Waals surface area (Å²) in [7, 11) is 1.63. The van der Waals surface area contributed by atoms with Crippen molar-refractivity contribution in [2.75, 3.05) is 7.11 Å². The minimum atomic E-state index is 0.417. The molecule has 1 atom stereocenters. The number of hydrogen-bond donors (Lipinski definition) is 1. The number of ether oxygens (including phenoxy) is 1. The number of nitrogens with one attached hydrogen (secondary N) is 1. The van der Waals surface area contributed by atoms with Crippen molar-refractivity contribution in [2.45, 2.75) is 32.4 Å². The van der Waals surface area contributed by atoms with Crippen LogP contribution in [0.1, 0.15) is 36.2 Å². The van der Waals surface area contributed by atoms with Gasteiger partial charge in [-0.15, -0.1) is 11.3 Å². The van der Waals surface area contributed by atoms with E-state index < -0.39 is 0 Å². The van der Waals surface area contributed by atoms with Gasteiger partial charge in [0, 0.05) is 17.5 Å². The highest BCUT2D eigenvalue weighted by Crippen LogP contribution is 2.26. The monoisotopic (exact) mass is 309 g/mol. The van der Waals surface area contributed by atoms with Crippen LogP contribution in [0.4, 0.5) is 0 Å². The van der Waals surface area contributed by atoms with E-state index >= 15 is 0 Å². The third-order valence-corrected chi connectivity index (χ3v) is 4.51. The van der Waals surface area contributed by atoms with Gasteiger partial charge >= 0.3 is 0 Å². The van der Waals surface area contributed by atoms with Crippen LogP contribution in [0.3, 0.4) is 0 Å². The second-order valence-corrected chi connectivity index (χ2v) is 6.09. The van der Waals surface area contributed by atoms with E-state index in [0.717, 1.165) is 18.7 Å². The van der Waals surface area contributed by atoms with Gasteiger partial charge in [-0.25, -0.2) is 0 Å². The number of methoxy groups -OCH3 is 1. The van der Waals surface area contributed by atoms with Crippen LogP contribution in [0.15, 0.2) is 35.7 Å². The van der Waals surface area contributed by atoms with Crippen molar-refractivity contribution in [2.24, 2.45) is 0 Å². The Labute approximate surface area is 129 Å². The Hall–Kier alpha value is -1.03. The summed E-state index contributed by atoms with van der Waals surface area (Å²) in [5.41, 5.74) is 1.17. The molecule has 0 aliphatic rings. The fourth-order valence-electron chi connectivity index (χ4n) is 2.18. The smallest absolute Gasteiger partial charge is 0.137 e. The molecule has 1 N–H and O–H groups in total. The van der Waals surface area contributed by atoms with E-state index in [1.165, 1.54) is 16.9 Å². The Bertz CT molecular complexity index is 527. The predicted molar refractivity (Wildman–Crippen MR) is 86.8 cm³/mol. The summed E-state index contributed by atoms with van der Waals surface area (Å²) < 4.78 is 5.17. The van der Waals surface area contributed by atoms with E-state index in [-0.39, 0.29) is 0 Å². The molecule has 1 unspecified atom stereocenters. The molecule has 0 aliphatic carbocycles. The Kier molecular flexibility index (Phi) is 5.89. The zero-order valence-corrected chi connectivity index (χ0v) is 13.4. The van der Waals surface area contributed by atoms with E-state index in [9.17, 15) is 0 Å². The maximum Gasteiger partial charge on any atom is 0.137 e. The summed E-state index contributed by atoms with van der Waals surface area (Å²) in [4.78, 5) is 1.39. The van der Waals surface area contributed by atoms with Crippen LogP contribution in [0.25, 0.3) is 0 Å². The summed E-state index contributed by atoms with van der Waals surface area (Å²) in [6.07, 6.45) is 2.31. The van der Waals surface area contributed by atoms with Gasteiger partial charge in [-0.05, 0) is 35.6 Å². The van der Waals surface area contributed by atoms with Crippen molar-refractivity contribution in [3.05, 3.63) is 51.2 Å². The minimum Gasteiger partial charge on any atom is -0.495 e. The van der Waals surface area contributed by atoms with Gasteiger partial charge in [0.05, 0.1) is 12.1 Å². The van der Waals surface area contributed by atoms with Crippen LogP contribution < -0.4 is 10.1 Å². The Morgan fingerprint density at radius 2 is 2.20 bits per heavy atom. The molecule has 4 heteroatoms. The van der Waals surface area contributed by atoms with Crippen molar-refractivity contribution < 1.29 is 4.74 Å². The lowest BCUT2D eigenvalue weighted by Gasteiger charge is -2.17. The van der Waals surface area contributed by atoms with Gasteiger partial charge in [0.2, 0.25) is 0 Å².